The van der Waals surface area contributed by atoms with Crippen LogP contribution in [0.5, 0.6) is 0 Å². The molecule has 0 saturated heterocycles. The van der Waals surface area contributed by atoms with Gasteiger partial charge >= 0.3 is 0 Å². The Kier molecular flexibility index (Phi) is 4.86. The van der Waals surface area contributed by atoms with Crippen LogP contribution in [0.1, 0.15) is 33.5 Å². The summed E-state index contributed by atoms with van der Waals surface area (Å²) in [5.41, 5.74) is 1.58. The van der Waals surface area contributed by atoms with Gasteiger partial charge in [-0.25, -0.2) is 0 Å². The number of rotatable bonds is 5. The lowest BCUT2D eigenvalue weighted by Crippen LogP contribution is -2.42. The molecule has 1 amide bonds. The fourth-order valence-corrected chi connectivity index (χ4v) is 3.82. The third-order valence-corrected chi connectivity index (χ3v) is 5.20. The molecule has 0 saturated carbocycles. The Balaban J connectivity index is 2.03. The molecular weight excluding hydrogens is 394 g/mol. The molecule has 134 valence electrons. The highest BCUT2D eigenvalue weighted by Crippen LogP contribution is 2.44. The van der Waals surface area contributed by atoms with Gasteiger partial charge in [0.2, 0.25) is 0 Å². The standard InChI is InChI=1S/C21H20BrNO3/c1-4-9-23-18-8-6-15(22)11-17(18)21(26,20(23)25)12-19(24)16-7-5-13(2)10-14(16)3/h4-8,10-11,26H,1,9,12H2,2-3H3. The molecule has 2 aromatic carbocycles. The first-order valence-corrected chi connectivity index (χ1v) is 9.13. The summed E-state index contributed by atoms with van der Waals surface area (Å²) in [7, 11) is 0. The van der Waals surface area contributed by atoms with Crippen molar-refractivity contribution in [1.29, 1.82) is 0 Å². The normalized spacial score (nSPS) is 18.8. The lowest BCUT2D eigenvalue weighted by Gasteiger charge is -2.22. The van der Waals surface area contributed by atoms with Gasteiger partial charge in [-0.3, -0.25) is 9.59 Å². The molecular formula is C21H20BrNO3. The van der Waals surface area contributed by atoms with E-state index in [1.54, 1.807) is 30.3 Å². The van der Waals surface area contributed by atoms with Crippen molar-refractivity contribution in [2.45, 2.75) is 25.9 Å². The van der Waals surface area contributed by atoms with E-state index in [4.69, 9.17) is 0 Å². The minimum absolute atomic E-state index is 0.260. The van der Waals surface area contributed by atoms with Crippen LogP contribution in [0.4, 0.5) is 5.69 Å². The number of fused-ring (bicyclic) bond motifs is 1. The molecule has 0 radical (unpaired) electrons. The molecule has 2 aromatic rings. The average molecular weight is 414 g/mol. The summed E-state index contributed by atoms with van der Waals surface area (Å²) in [6.45, 7) is 7.76. The van der Waals surface area contributed by atoms with E-state index in [1.165, 1.54) is 4.90 Å². The second kappa shape index (κ2) is 6.82. The summed E-state index contributed by atoms with van der Waals surface area (Å²) in [6, 6.07) is 10.8. The first-order valence-electron chi connectivity index (χ1n) is 8.33. The number of carbonyl (C=O) groups is 2. The number of aryl methyl sites for hydroxylation is 2. The minimum Gasteiger partial charge on any atom is -0.375 e. The van der Waals surface area contributed by atoms with Crippen molar-refractivity contribution >= 4 is 33.3 Å². The Hall–Kier alpha value is -2.24. The average Bonchev–Trinajstić information content (AvgIpc) is 2.77. The van der Waals surface area contributed by atoms with Crippen molar-refractivity contribution in [1.82, 2.24) is 0 Å². The zero-order valence-electron chi connectivity index (χ0n) is 14.8. The van der Waals surface area contributed by atoms with Crippen molar-refractivity contribution < 1.29 is 14.7 Å². The van der Waals surface area contributed by atoms with E-state index in [1.807, 2.05) is 26.0 Å². The molecule has 0 spiro atoms. The Morgan fingerprint density at radius 3 is 2.65 bits per heavy atom. The lowest BCUT2D eigenvalue weighted by molar-refractivity contribution is -0.135. The van der Waals surface area contributed by atoms with E-state index in [0.29, 0.717) is 16.8 Å². The van der Waals surface area contributed by atoms with Gasteiger partial charge in [0.25, 0.3) is 5.91 Å². The highest BCUT2D eigenvalue weighted by molar-refractivity contribution is 9.10. The summed E-state index contributed by atoms with van der Waals surface area (Å²) < 4.78 is 0.738. The number of aliphatic hydroxyl groups is 1. The van der Waals surface area contributed by atoms with Crippen LogP contribution in [0.2, 0.25) is 0 Å². The van der Waals surface area contributed by atoms with E-state index in [-0.39, 0.29) is 18.7 Å². The highest BCUT2D eigenvalue weighted by Gasteiger charge is 2.50. The second-order valence-corrected chi connectivity index (χ2v) is 7.56. The molecule has 0 aromatic heterocycles. The molecule has 5 heteroatoms. The molecule has 3 rings (SSSR count). The summed E-state index contributed by atoms with van der Waals surface area (Å²) in [5, 5.41) is 11.2. The number of carbonyl (C=O) groups excluding carboxylic acids is 2. The Morgan fingerprint density at radius 1 is 1.27 bits per heavy atom. The molecule has 26 heavy (non-hydrogen) atoms. The predicted octanol–water partition coefficient (Wildman–Crippen LogP) is 4.06. The number of ketones is 1. The Morgan fingerprint density at radius 2 is 2.00 bits per heavy atom. The van der Waals surface area contributed by atoms with Crippen LogP contribution in [0.15, 0.2) is 53.5 Å². The summed E-state index contributed by atoms with van der Waals surface area (Å²) >= 11 is 3.38. The van der Waals surface area contributed by atoms with E-state index in [0.717, 1.165) is 15.6 Å². The van der Waals surface area contributed by atoms with Crippen LogP contribution in [0, 0.1) is 13.8 Å². The second-order valence-electron chi connectivity index (χ2n) is 6.64. The maximum Gasteiger partial charge on any atom is 0.264 e. The van der Waals surface area contributed by atoms with Gasteiger partial charge in [0.05, 0.1) is 12.1 Å². The third kappa shape index (κ3) is 3.02. The lowest BCUT2D eigenvalue weighted by atomic mass is 9.87. The van der Waals surface area contributed by atoms with Crippen molar-refractivity contribution in [3.05, 3.63) is 75.8 Å². The van der Waals surface area contributed by atoms with Crippen LogP contribution < -0.4 is 4.90 Å². The van der Waals surface area contributed by atoms with Crippen LogP contribution in [0.25, 0.3) is 0 Å². The third-order valence-electron chi connectivity index (χ3n) is 4.70. The number of hydrogen-bond donors (Lipinski definition) is 1. The maximum atomic E-state index is 13.0. The van der Waals surface area contributed by atoms with Crippen LogP contribution >= 0.6 is 15.9 Å². The molecule has 1 N–H and O–H groups in total. The fraction of sp³-hybridized carbons (Fsp3) is 0.238. The van der Waals surface area contributed by atoms with Gasteiger partial charge in [-0.15, -0.1) is 6.58 Å². The Labute approximate surface area is 161 Å². The van der Waals surface area contributed by atoms with Gasteiger partial charge < -0.3 is 10.0 Å². The first-order chi connectivity index (χ1) is 12.3. The number of amides is 1. The van der Waals surface area contributed by atoms with E-state index >= 15 is 0 Å². The smallest absolute Gasteiger partial charge is 0.264 e. The zero-order valence-corrected chi connectivity index (χ0v) is 16.3. The number of Topliss-reactive ketones (excluding diaryl/α,β-unsaturated/α-hetero) is 1. The number of anilines is 1. The maximum absolute atomic E-state index is 13.0. The molecule has 0 aliphatic carbocycles. The van der Waals surface area contributed by atoms with Gasteiger partial charge in [0.15, 0.2) is 11.4 Å². The van der Waals surface area contributed by atoms with Crippen molar-refractivity contribution in [3.8, 4) is 0 Å². The monoisotopic (exact) mass is 413 g/mol. The van der Waals surface area contributed by atoms with Crippen LogP contribution in [0.3, 0.4) is 0 Å². The number of hydrogen-bond acceptors (Lipinski definition) is 3. The minimum atomic E-state index is -1.88. The van der Waals surface area contributed by atoms with Gasteiger partial charge in [-0.1, -0.05) is 45.8 Å². The molecule has 1 unspecified atom stereocenters. The largest absolute Gasteiger partial charge is 0.375 e. The molecule has 4 nitrogen and oxygen atoms in total. The van der Waals surface area contributed by atoms with Crippen molar-refractivity contribution in [2.24, 2.45) is 0 Å². The van der Waals surface area contributed by atoms with Crippen molar-refractivity contribution in [3.63, 3.8) is 0 Å². The molecule has 0 bridgehead atoms. The molecule has 1 heterocycles. The summed E-state index contributed by atoms with van der Waals surface area (Å²) in [6.07, 6.45) is 1.30. The fourth-order valence-electron chi connectivity index (χ4n) is 3.46. The predicted molar refractivity (Wildman–Crippen MR) is 105 cm³/mol. The van der Waals surface area contributed by atoms with E-state index in [2.05, 4.69) is 22.5 Å². The van der Waals surface area contributed by atoms with Gasteiger partial charge in [-0.2, -0.15) is 0 Å². The quantitative estimate of drug-likeness (QED) is 0.593. The molecule has 1 aliphatic rings. The SMILES string of the molecule is C=CCN1C(=O)C(O)(CC(=O)c2ccc(C)cc2C)c2cc(Br)ccc21. The van der Waals surface area contributed by atoms with E-state index < -0.39 is 11.5 Å². The Bertz CT molecular complexity index is 921. The number of halogens is 1. The van der Waals surface area contributed by atoms with Gasteiger partial charge in [0, 0.05) is 22.1 Å². The number of benzene rings is 2. The van der Waals surface area contributed by atoms with Gasteiger partial charge in [0.1, 0.15) is 0 Å². The van der Waals surface area contributed by atoms with Gasteiger partial charge in [-0.05, 0) is 37.6 Å². The van der Waals surface area contributed by atoms with Crippen molar-refractivity contribution in [2.75, 3.05) is 11.4 Å². The topological polar surface area (TPSA) is 57.6 Å². The highest BCUT2D eigenvalue weighted by atomic mass is 79.9. The molecule has 1 aliphatic heterocycles. The molecule has 0 fully saturated rings. The summed E-state index contributed by atoms with van der Waals surface area (Å²) in [5.74, 6) is -0.756. The van der Waals surface area contributed by atoms with E-state index in [9.17, 15) is 14.7 Å². The zero-order chi connectivity index (χ0) is 19.1. The van der Waals surface area contributed by atoms with Crippen LogP contribution in [-0.4, -0.2) is 23.3 Å². The first kappa shape index (κ1) is 18.5. The number of nitrogens with zero attached hydrogens (tertiary/aromatic N) is 1. The molecule has 1 atom stereocenters. The van der Waals surface area contributed by atoms with Crippen LogP contribution in [-0.2, 0) is 10.4 Å². The summed E-state index contributed by atoms with van der Waals surface area (Å²) in [4.78, 5) is 27.3.